The minimum atomic E-state index is -3.27. The zero-order valence-corrected chi connectivity index (χ0v) is 21.6. The van der Waals surface area contributed by atoms with Crippen LogP contribution >= 0.6 is 10.8 Å². The molecular weight excluding hydrogens is 468 g/mol. The summed E-state index contributed by atoms with van der Waals surface area (Å²) >= 11 is 0. The highest BCUT2D eigenvalue weighted by Crippen LogP contribution is 2.57. The highest BCUT2D eigenvalue weighted by atomic mass is 32.3. The van der Waals surface area contributed by atoms with Crippen molar-refractivity contribution in [3.63, 3.8) is 0 Å². The maximum Gasteiger partial charge on any atom is 0.306 e. The molecule has 0 radical (unpaired) electrons. The average Bonchev–Trinajstić information content (AvgIpc) is 2.91. The number of nitrogens with zero attached hydrogens (tertiary/aromatic N) is 1. The van der Waals surface area contributed by atoms with Gasteiger partial charge in [0, 0.05) is 20.0 Å². The predicted molar refractivity (Wildman–Crippen MR) is 137 cm³/mol. The van der Waals surface area contributed by atoms with E-state index in [1.807, 2.05) is 38.1 Å². The van der Waals surface area contributed by atoms with Crippen LogP contribution in [0.4, 0.5) is 0 Å². The van der Waals surface area contributed by atoms with Crippen LogP contribution in [0.1, 0.15) is 55.7 Å². The monoisotopic (exact) mass is 504 g/mol. The third-order valence-electron chi connectivity index (χ3n) is 6.20. The molecule has 2 aromatic carbocycles. The molecule has 1 aliphatic rings. The quantitative estimate of drug-likeness (QED) is 0.418. The Balaban J connectivity index is 1.90. The van der Waals surface area contributed by atoms with Crippen LogP contribution in [-0.4, -0.2) is 51.6 Å². The van der Waals surface area contributed by atoms with Gasteiger partial charge in [-0.15, -0.1) is 10.8 Å². The van der Waals surface area contributed by atoms with Crippen molar-refractivity contribution >= 4 is 22.7 Å². The molecule has 1 unspecified atom stereocenters. The van der Waals surface area contributed by atoms with Gasteiger partial charge in [-0.2, -0.15) is 4.31 Å². The van der Waals surface area contributed by atoms with Gasteiger partial charge in [0.15, 0.2) is 0 Å². The van der Waals surface area contributed by atoms with Crippen molar-refractivity contribution in [2.24, 2.45) is 0 Å². The fourth-order valence-corrected chi connectivity index (χ4v) is 5.92. The molecule has 3 N–H and O–H groups in total. The number of carbonyl (C=O) groups is 2. The molecule has 0 saturated carbocycles. The van der Waals surface area contributed by atoms with Gasteiger partial charge in [-0.3, -0.25) is 18.7 Å². The van der Waals surface area contributed by atoms with Gasteiger partial charge in [0.1, 0.15) is 16.7 Å². The Bertz CT molecular complexity index is 1040. The van der Waals surface area contributed by atoms with Gasteiger partial charge in [-0.05, 0) is 61.9 Å². The van der Waals surface area contributed by atoms with Gasteiger partial charge in [-0.1, -0.05) is 30.3 Å². The molecular formula is C26H36N2O6S. The number of para-hydroxylation sites is 1. The summed E-state index contributed by atoms with van der Waals surface area (Å²) in [6.07, 6.45) is 0.725. The van der Waals surface area contributed by atoms with E-state index in [-0.39, 0.29) is 30.3 Å². The van der Waals surface area contributed by atoms with Gasteiger partial charge < -0.3 is 14.8 Å². The van der Waals surface area contributed by atoms with Crippen LogP contribution in [0.15, 0.2) is 47.4 Å². The molecule has 192 valence electrons. The van der Waals surface area contributed by atoms with Gasteiger partial charge in [0.25, 0.3) is 0 Å². The number of nitrogens with one attached hydrogen (secondary N) is 1. The molecule has 0 aliphatic carbocycles. The molecule has 35 heavy (non-hydrogen) atoms. The molecule has 1 heterocycles. The standard InChI is InChI=1S/C26H36N2O6S/c1-5-33-26(30)15-21(12-13-25(29)27-4)20-11-10-18(2)22(14-20)17-28-16-19(3)34-23-8-6-7-9-24(23)35(28,31)32/h6-11,14,19,21,31-32H,5,12-13,15-17H2,1-4H3,(H,27,29)/t19-,21?/m0/s1. The highest BCUT2D eigenvalue weighted by molar-refractivity contribution is 8.22. The summed E-state index contributed by atoms with van der Waals surface area (Å²) in [6, 6.07) is 13.0. The second-order valence-electron chi connectivity index (χ2n) is 8.82. The molecule has 0 fully saturated rings. The zero-order chi connectivity index (χ0) is 25.6. The Labute approximate surface area is 209 Å². The molecule has 8 nitrogen and oxygen atoms in total. The smallest absolute Gasteiger partial charge is 0.306 e. The van der Waals surface area contributed by atoms with Gasteiger partial charge >= 0.3 is 5.97 Å². The van der Waals surface area contributed by atoms with Crippen LogP contribution in [0.3, 0.4) is 0 Å². The van der Waals surface area contributed by atoms with E-state index in [1.165, 1.54) is 0 Å². The fraction of sp³-hybridized carbons (Fsp3) is 0.462. The Morgan fingerprint density at radius 2 is 2.00 bits per heavy atom. The van der Waals surface area contributed by atoms with E-state index in [4.69, 9.17) is 9.47 Å². The Kier molecular flexibility index (Phi) is 9.18. The maximum atomic E-state index is 12.3. The third kappa shape index (κ3) is 6.76. The van der Waals surface area contributed by atoms with E-state index in [0.29, 0.717) is 43.2 Å². The SMILES string of the molecule is CCOC(=O)CC(CCC(=O)NC)c1ccc(C)c(CN2C[C@H](C)Oc3ccccc3S2(O)O)c1. The number of benzene rings is 2. The number of hydrogen-bond acceptors (Lipinski definition) is 7. The summed E-state index contributed by atoms with van der Waals surface area (Å²) in [6.45, 7) is 6.58. The number of hydrogen-bond donors (Lipinski definition) is 3. The first-order chi connectivity index (χ1) is 16.6. The van der Waals surface area contributed by atoms with E-state index >= 15 is 0 Å². The Morgan fingerprint density at radius 1 is 1.26 bits per heavy atom. The minimum Gasteiger partial charge on any atom is -0.487 e. The number of aryl methyl sites for hydroxylation is 1. The molecule has 1 amide bonds. The Hall–Kier alpha value is -2.59. The van der Waals surface area contributed by atoms with Crippen molar-refractivity contribution in [3.8, 4) is 5.75 Å². The lowest BCUT2D eigenvalue weighted by atomic mass is 9.89. The Morgan fingerprint density at radius 3 is 2.71 bits per heavy atom. The zero-order valence-electron chi connectivity index (χ0n) is 20.8. The number of fused-ring (bicyclic) bond motifs is 1. The summed E-state index contributed by atoms with van der Waals surface area (Å²) in [5.41, 5.74) is 2.83. The van der Waals surface area contributed by atoms with Gasteiger partial charge in [0.2, 0.25) is 5.91 Å². The first kappa shape index (κ1) is 27.0. The maximum absolute atomic E-state index is 12.3. The van der Waals surface area contributed by atoms with Crippen molar-refractivity contribution in [3.05, 3.63) is 59.2 Å². The predicted octanol–water partition coefficient (Wildman–Crippen LogP) is 4.87. The minimum absolute atomic E-state index is 0.0858. The van der Waals surface area contributed by atoms with Gasteiger partial charge in [-0.25, -0.2) is 0 Å². The van der Waals surface area contributed by atoms with Crippen molar-refractivity contribution in [1.82, 2.24) is 9.62 Å². The first-order valence-electron chi connectivity index (χ1n) is 11.9. The normalized spacial score (nSPS) is 19.0. The molecule has 1 aliphatic heterocycles. The van der Waals surface area contributed by atoms with E-state index in [2.05, 4.69) is 5.32 Å². The number of ether oxygens (including phenoxy) is 2. The first-order valence-corrected chi connectivity index (χ1v) is 13.4. The summed E-state index contributed by atoms with van der Waals surface area (Å²) in [7, 11) is -1.68. The molecule has 0 bridgehead atoms. The molecule has 9 heteroatoms. The van der Waals surface area contributed by atoms with Crippen LogP contribution in [0.25, 0.3) is 0 Å². The average molecular weight is 505 g/mol. The van der Waals surface area contributed by atoms with E-state index in [0.717, 1.165) is 16.7 Å². The van der Waals surface area contributed by atoms with Crippen molar-refractivity contribution in [2.45, 2.75) is 63.5 Å². The van der Waals surface area contributed by atoms with Gasteiger partial charge in [0.05, 0.1) is 19.6 Å². The second-order valence-corrected chi connectivity index (χ2v) is 10.8. The number of amides is 1. The fourth-order valence-electron chi connectivity index (χ4n) is 4.26. The third-order valence-corrected chi connectivity index (χ3v) is 8.13. The molecule has 0 saturated heterocycles. The van der Waals surface area contributed by atoms with Crippen LogP contribution < -0.4 is 10.1 Å². The van der Waals surface area contributed by atoms with Crippen LogP contribution in [0.5, 0.6) is 5.75 Å². The van der Waals surface area contributed by atoms with Crippen LogP contribution in [0.2, 0.25) is 0 Å². The molecule has 3 rings (SSSR count). The topological polar surface area (TPSA) is 108 Å². The van der Waals surface area contributed by atoms with E-state index in [1.54, 1.807) is 36.5 Å². The molecule has 2 aromatic rings. The summed E-state index contributed by atoms with van der Waals surface area (Å²) in [4.78, 5) is 24.5. The van der Waals surface area contributed by atoms with Crippen molar-refractivity contribution < 1.29 is 28.2 Å². The van der Waals surface area contributed by atoms with Crippen LogP contribution in [0, 0.1) is 6.92 Å². The molecule has 0 aromatic heterocycles. The summed E-state index contributed by atoms with van der Waals surface area (Å²) in [5.74, 6) is -0.104. The van der Waals surface area contributed by atoms with E-state index in [9.17, 15) is 18.7 Å². The van der Waals surface area contributed by atoms with Crippen molar-refractivity contribution in [2.75, 3.05) is 20.2 Å². The summed E-state index contributed by atoms with van der Waals surface area (Å²) < 4.78 is 35.3. The summed E-state index contributed by atoms with van der Waals surface area (Å²) in [5, 5.41) is 2.63. The number of esters is 1. The molecule has 0 spiro atoms. The largest absolute Gasteiger partial charge is 0.487 e. The van der Waals surface area contributed by atoms with Crippen LogP contribution in [-0.2, 0) is 20.9 Å². The lowest BCUT2D eigenvalue weighted by Gasteiger charge is -2.42. The lowest BCUT2D eigenvalue weighted by Crippen LogP contribution is -2.33. The highest BCUT2D eigenvalue weighted by Gasteiger charge is 2.34. The number of carbonyl (C=O) groups excluding carboxylic acids is 2. The number of rotatable bonds is 9. The molecule has 2 atom stereocenters. The lowest BCUT2D eigenvalue weighted by molar-refractivity contribution is -0.143. The second kappa shape index (κ2) is 11.9. The van der Waals surface area contributed by atoms with E-state index < -0.39 is 10.8 Å². The van der Waals surface area contributed by atoms with Crippen molar-refractivity contribution in [1.29, 1.82) is 0 Å².